The largest absolute Gasteiger partial charge is 0.550 e. The van der Waals surface area contributed by atoms with E-state index in [9.17, 15) is 9.90 Å². The van der Waals surface area contributed by atoms with Crippen LogP contribution >= 0.6 is 0 Å². The number of carboxylic acid groups (broad SMARTS) is 1. The smallest absolute Gasteiger partial charge is 0.0457 e. The molecular formula is C21H25O2-. The summed E-state index contributed by atoms with van der Waals surface area (Å²) in [6.07, 6.45) is 9.41. The van der Waals surface area contributed by atoms with Crippen LogP contribution in [-0.4, -0.2) is 5.97 Å². The Balaban J connectivity index is 1.85. The first kappa shape index (κ1) is 15.0. The highest BCUT2D eigenvalue weighted by Crippen LogP contribution is 2.55. The minimum absolute atomic E-state index is 0.114. The molecular weight excluding hydrogens is 284 g/mol. The zero-order valence-corrected chi connectivity index (χ0v) is 13.7. The van der Waals surface area contributed by atoms with Crippen LogP contribution in [0.25, 0.3) is 0 Å². The lowest BCUT2D eigenvalue weighted by molar-refractivity contribution is -0.314. The van der Waals surface area contributed by atoms with Crippen molar-refractivity contribution < 1.29 is 9.90 Å². The molecule has 0 N–H and O–H groups in total. The molecule has 0 bridgehead atoms. The summed E-state index contributed by atoms with van der Waals surface area (Å²) < 4.78 is 0. The molecule has 1 aromatic carbocycles. The highest BCUT2D eigenvalue weighted by Gasteiger charge is 2.45. The van der Waals surface area contributed by atoms with E-state index in [1.54, 1.807) is 5.57 Å². The van der Waals surface area contributed by atoms with E-state index in [0.29, 0.717) is 5.92 Å². The minimum atomic E-state index is -0.826. The number of carboxylic acids is 1. The van der Waals surface area contributed by atoms with Gasteiger partial charge in [-0.2, -0.15) is 0 Å². The molecule has 122 valence electrons. The van der Waals surface area contributed by atoms with E-state index in [-0.39, 0.29) is 17.8 Å². The van der Waals surface area contributed by atoms with Crippen LogP contribution in [0.3, 0.4) is 0 Å². The summed E-state index contributed by atoms with van der Waals surface area (Å²) in [7, 11) is 0. The van der Waals surface area contributed by atoms with Crippen molar-refractivity contribution >= 4 is 5.97 Å². The molecule has 0 saturated heterocycles. The van der Waals surface area contributed by atoms with Gasteiger partial charge in [0.15, 0.2) is 0 Å². The number of hydrogen-bond donors (Lipinski definition) is 0. The number of aliphatic carboxylic acids is 1. The number of carbonyl (C=O) groups is 1. The third kappa shape index (κ3) is 2.52. The number of allylic oxidation sites excluding steroid dienone is 2. The lowest BCUT2D eigenvalue weighted by Gasteiger charge is -2.50. The Kier molecular flexibility index (Phi) is 4.00. The van der Waals surface area contributed by atoms with E-state index >= 15 is 0 Å². The number of hydrogen-bond acceptors (Lipinski definition) is 2. The molecule has 0 unspecified atom stereocenters. The topological polar surface area (TPSA) is 40.1 Å². The van der Waals surface area contributed by atoms with Crippen LogP contribution in [0.1, 0.15) is 62.8 Å². The third-order valence-corrected chi connectivity index (χ3v) is 6.44. The van der Waals surface area contributed by atoms with E-state index in [2.05, 4.69) is 12.1 Å². The van der Waals surface area contributed by atoms with Gasteiger partial charge in [0, 0.05) is 11.9 Å². The molecule has 4 atom stereocenters. The van der Waals surface area contributed by atoms with Gasteiger partial charge in [-0.15, -0.1) is 0 Å². The van der Waals surface area contributed by atoms with Gasteiger partial charge in [0.05, 0.1) is 0 Å². The second-order valence-corrected chi connectivity index (χ2v) is 7.54. The molecule has 1 aromatic rings. The van der Waals surface area contributed by atoms with Gasteiger partial charge in [-0.05, 0) is 61.8 Å². The summed E-state index contributed by atoms with van der Waals surface area (Å²) >= 11 is 0. The van der Waals surface area contributed by atoms with Crippen molar-refractivity contribution in [2.45, 2.75) is 57.3 Å². The van der Waals surface area contributed by atoms with Crippen LogP contribution in [-0.2, 0) is 4.79 Å². The maximum Gasteiger partial charge on any atom is 0.0457 e. The molecule has 0 radical (unpaired) electrons. The highest BCUT2D eigenvalue weighted by molar-refractivity contribution is 5.71. The van der Waals surface area contributed by atoms with Gasteiger partial charge in [-0.25, -0.2) is 0 Å². The normalized spacial score (nSPS) is 33.7. The van der Waals surface area contributed by atoms with Gasteiger partial charge >= 0.3 is 0 Å². The fraction of sp³-hybridized carbons (Fsp3) is 0.571. The van der Waals surface area contributed by atoms with Crippen LogP contribution in [0.5, 0.6) is 0 Å². The van der Waals surface area contributed by atoms with Gasteiger partial charge in [-0.3, -0.25) is 0 Å². The number of rotatable bonds is 2. The molecule has 3 aliphatic rings. The van der Waals surface area contributed by atoms with E-state index in [1.807, 2.05) is 18.2 Å². The van der Waals surface area contributed by atoms with E-state index in [4.69, 9.17) is 0 Å². The average molecular weight is 309 g/mol. The summed E-state index contributed by atoms with van der Waals surface area (Å²) in [5, 5.41) is 12.1. The Hall–Kier alpha value is -1.57. The van der Waals surface area contributed by atoms with E-state index < -0.39 is 5.97 Å². The molecule has 4 rings (SSSR count). The average Bonchev–Trinajstić information content (AvgIpc) is 2.61. The predicted octanol–water partition coefficient (Wildman–Crippen LogP) is 3.83. The van der Waals surface area contributed by atoms with Crippen molar-refractivity contribution in [3.63, 3.8) is 0 Å². The van der Waals surface area contributed by atoms with Gasteiger partial charge in [0.1, 0.15) is 0 Å². The molecule has 0 heterocycles. The summed E-state index contributed by atoms with van der Waals surface area (Å²) in [5.41, 5.74) is 4.35. The molecule has 0 amide bonds. The quantitative estimate of drug-likeness (QED) is 0.779. The molecule has 2 heteroatoms. The first-order valence-electron chi connectivity index (χ1n) is 9.25. The monoisotopic (exact) mass is 309 g/mol. The molecule has 2 fully saturated rings. The Labute approximate surface area is 138 Å². The Bertz CT molecular complexity index is 616. The Morgan fingerprint density at radius 1 is 0.870 bits per heavy atom. The first-order chi connectivity index (χ1) is 11.3. The van der Waals surface area contributed by atoms with Gasteiger partial charge < -0.3 is 9.90 Å². The van der Waals surface area contributed by atoms with Crippen molar-refractivity contribution in [2.75, 3.05) is 0 Å². The molecule has 2 nitrogen and oxygen atoms in total. The van der Waals surface area contributed by atoms with Crippen LogP contribution < -0.4 is 5.11 Å². The summed E-state index contributed by atoms with van der Waals surface area (Å²) in [6, 6.07) is 10.4. The van der Waals surface area contributed by atoms with Crippen molar-refractivity contribution in [2.24, 2.45) is 17.8 Å². The predicted molar refractivity (Wildman–Crippen MR) is 88.6 cm³/mol. The molecule has 0 aliphatic heterocycles. The summed E-state index contributed by atoms with van der Waals surface area (Å²) in [4.78, 5) is 12.1. The molecule has 0 aromatic heterocycles. The van der Waals surface area contributed by atoms with Gasteiger partial charge in [-0.1, -0.05) is 54.3 Å². The van der Waals surface area contributed by atoms with E-state index in [1.165, 1.54) is 36.8 Å². The molecule has 0 spiro atoms. The van der Waals surface area contributed by atoms with Gasteiger partial charge in [0.2, 0.25) is 0 Å². The van der Waals surface area contributed by atoms with Crippen molar-refractivity contribution in [3.8, 4) is 0 Å². The lowest BCUT2D eigenvalue weighted by Crippen LogP contribution is -2.47. The fourth-order valence-corrected chi connectivity index (χ4v) is 5.59. The van der Waals surface area contributed by atoms with Crippen LogP contribution in [0.2, 0.25) is 0 Å². The summed E-state index contributed by atoms with van der Waals surface area (Å²) in [5.74, 6) is -0.391. The Morgan fingerprint density at radius 2 is 1.48 bits per heavy atom. The zero-order chi connectivity index (χ0) is 15.8. The number of fused-ring (bicyclic) bond motifs is 2. The van der Waals surface area contributed by atoms with E-state index in [0.717, 1.165) is 25.7 Å². The second-order valence-electron chi connectivity index (χ2n) is 7.54. The van der Waals surface area contributed by atoms with Crippen molar-refractivity contribution in [1.29, 1.82) is 0 Å². The van der Waals surface area contributed by atoms with Gasteiger partial charge in [0.25, 0.3) is 0 Å². The standard InChI is InChI=1S/C21H26O2/c22-21(23)20-18-13-7-5-11-16(18)15-10-4-6-12-17(15)19(20)14-8-2-1-3-9-14/h1-3,8-9,17-20H,4-7,10-13H2,(H,22,23)/p-1/t17-,18-,19+,20-/m0/s1. The zero-order valence-electron chi connectivity index (χ0n) is 13.7. The SMILES string of the molecule is O=C([O-])[C@@H]1[C@H](c2ccccc2)[C@H]2CCCCC2=C2CCCC[C@@H]21. The fourth-order valence-electron chi connectivity index (χ4n) is 5.59. The van der Waals surface area contributed by atoms with Crippen LogP contribution in [0.15, 0.2) is 41.5 Å². The van der Waals surface area contributed by atoms with Crippen molar-refractivity contribution in [3.05, 3.63) is 47.0 Å². The maximum atomic E-state index is 12.1. The Morgan fingerprint density at radius 3 is 2.13 bits per heavy atom. The molecule has 23 heavy (non-hydrogen) atoms. The third-order valence-electron chi connectivity index (χ3n) is 6.44. The number of benzene rings is 1. The molecule has 2 saturated carbocycles. The number of carbonyl (C=O) groups excluding carboxylic acids is 1. The second kappa shape index (κ2) is 6.14. The maximum absolute atomic E-state index is 12.1. The highest BCUT2D eigenvalue weighted by atomic mass is 16.4. The molecule has 3 aliphatic carbocycles. The minimum Gasteiger partial charge on any atom is -0.550 e. The lowest BCUT2D eigenvalue weighted by atomic mass is 9.56. The van der Waals surface area contributed by atoms with Crippen LogP contribution in [0.4, 0.5) is 0 Å². The van der Waals surface area contributed by atoms with Crippen molar-refractivity contribution in [1.82, 2.24) is 0 Å². The summed E-state index contributed by atoms with van der Waals surface area (Å²) in [6.45, 7) is 0. The van der Waals surface area contributed by atoms with Crippen LogP contribution in [0, 0.1) is 17.8 Å². The first-order valence-corrected chi connectivity index (χ1v) is 9.25.